The zero-order valence-corrected chi connectivity index (χ0v) is 15.1. The van der Waals surface area contributed by atoms with Gasteiger partial charge in [0.1, 0.15) is 17.0 Å². The summed E-state index contributed by atoms with van der Waals surface area (Å²) < 4.78 is 7.11. The second kappa shape index (κ2) is 7.47. The van der Waals surface area contributed by atoms with Crippen molar-refractivity contribution < 1.29 is 9.53 Å². The minimum Gasteiger partial charge on any atom is -0.461 e. The van der Waals surface area contributed by atoms with E-state index in [0.717, 1.165) is 41.8 Å². The number of hydrogen-bond acceptors (Lipinski definition) is 5. The van der Waals surface area contributed by atoms with Crippen LogP contribution in [-0.2, 0) is 16.0 Å². The molecule has 0 radical (unpaired) electrons. The first-order valence-corrected chi connectivity index (χ1v) is 9.65. The summed E-state index contributed by atoms with van der Waals surface area (Å²) in [6.45, 7) is 3.95. The predicted molar refractivity (Wildman–Crippen MR) is 95.6 cm³/mol. The van der Waals surface area contributed by atoms with Crippen LogP contribution in [0.25, 0.3) is 10.2 Å². The number of thiophene rings is 1. The molecule has 0 amide bonds. The standard InChI is InChI=1S/C18H24N2O3S/c1-3-13-10-14-16(24-13)19-11-20(17(14)21)15(4-2)18(22)23-12-8-6-5-7-9-12/h10-12,15H,3-9H2,1-2H3. The van der Waals surface area contributed by atoms with Gasteiger partial charge in [0.2, 0.25) is 0 Å². The molecule has 1 saturated carbocycles. The molecule has 0 bridgehead atoms. The number of aryl methyl sites for hydroxylation is 1. The second-order valence-electron chi connectivity index (χ2n) is 6.36. The molecule has 1 fully saturated rings. The lowest BCUT2D eigenvalue weighted by Crippen LogP contribution is -2.33. The molecule has 1 aliphatic rings. The number of aromatic nitrogens is 2. The quantitative estimate of drug-likeness (QED) is 0.770. The van der Waals surface area contributed by atoms with E-state index in [1.807, 2.05) is 13.0 Å². The molecule has 24 heavy (non-hydrogen) atoms. The number of hydrogen-bond donors (Lipinski definition) is 0. The molecule has 5 nitrogen and oxygen atoms in total. The third-order valence-electron chi connectivity index (χ3n) is 4.71. The molecule has 0 saturated heterocycles. The Morgan fingerprint density at radius 1 is 1.38 bits per heavy atom. The zero-order valence-electron chi connectivity index (χ0n) is 14.3. The van der Waals surface area contributed by atoms with Gasteiger partial charge in [-0.2, -0.15) is 0 Å². The van der Waals surface area contributed by atoms with Gasteiger partial charge in [0, 0.05) is 4.88 Å². The van der Waals surface area contributed by atoms with E-state index in [-0.39, 0.29) is 17.6 Å². The SMILES string of the molecule is CCc1cc2c(=O)n(C(CC)C(=O)OC3CCCCC3)cnc2s1. The molecule has 1 aliphatic carbocycles. The lowest BCUT2D eigenvalue weighted by molar-refractivity contribution is -0.154. The Morgan fingerprint density at radius 2 is 2.12 bits per heavy atom. The fourth-order valence-electron chi connectivity index (χ4n) is 3.29. The molecule has 2 aromatic heterocycles. The molecule has 3 rings (SSSR count). The number of rotatable bonds is 5. The van der Waals surface area contributed by atoms with Crippen molar-refractivity contribution in [3.8, 4) is 0 Å². The van der Waals surface area contributed by atoms with Crippen LogP contribution in [0.1, 0.15) is 63.3 Å². The molecule has 1 atom stereocenters. The molecule has 2 heterocycles. The van der Waals surface area contributed by atoms with Gasteiger partial charge in [0.25, 0.3) is 5.56 Å². The Kier molecular flexibility index (Phi) is 5.33. The summed E-state index contributed by atoms with van der Waals surface area (Å²) in [5, 5.41) is 0.600. The van der Waals surface area contributed by atoms with Gasteiger partial charge in [0.15, 0.2) is 0 Å². The van der Waals surface area contributed by atoms with Crippen LogP contribution in [0.15, 0.2) is 17.2 Å². The van der Waals surface area contributed by atoms with Crippen LogP contribution in [0.4, 0.5) is 0 Å². The molecule has 130 valence electrons. The lowest BCUT2D eigenvalue weighted by Gasteiger charge is -2.24. The smallest absolute Gasteiger partial charge is 0.329 e. The van der Waals surface area contributed by atoms with E-state index in [1.54, 1.807) is 0 Å². The second-order valence-corrected chi connectivity index (χ2v) is 7.48. The number of carbonyl (C=O) groups is 1. The Bertz CT molecular complexity index is 774. The van der Waals surface area contributed by atoms with Gasteiger partial charge < -0.3 is 4.74 Å². The van der Waals surface area contributed by atoms with Gasteiger partial charge in [-0.1, -0.05) is 20.3 Å². The summed E-state index contributed by atoms with van der Waals surface area (Å²) in [4.78, 5) is 31.6. The highest BCUT2D eigenvalue weighted by Gasteiger charge is 2.26. The lowest BCUT2D eigenvalue weighted by atomic mass is 9.98. The van der Waals surface area contributed by atoms with E-state index in [9.17, 15) is 9.59 Å². The normalized spacial score (nSPS) is 17.1. The van der Waals surface area contributed by atoms with E-state index < -0.39 is 6.04 Å². The van der Waals surface area contributed by atoms with Crippen molar-refractivity contribution in [2.24, 2.45) is 0 Å². The van der Waals surface area contributed by atoms with Gasteiger partial charge in [0.05, 0.1) is 11.7 Å². The third-order valence-corrected chi connectivity index (χ3v) is 5.89. The van der Waals surface area contributed by atoms with Crippen molar-refractivity contribution in [1.29, 1.82) is 0 Å². The van der Waals surface area contributed by atoms with Gasteiger partial charge >= 0.3 is 5.97 Å². The molecule has 0 aromatic carbocycles. The van der Waals surface area contributed by atoms with Gasteiger partial charge in [-0.25, -0.2) is 9.78 Å². The van der Waals surface area contributed by atoms with Crippen molar-refractivity contribution in [3.63, 3.8) is 0 Å². The molecule has 0 aliphatic heterocycles. The topological polar surface area (TPSA) is 61.2 Å². The van der Waals surface area contributed by atoms with Crippen LogP contribution in [0, 0.1) is 0 Å². The number of fused-ring (bicyclic) bond motifs is 1. The highest BCUT2D eigenvalue weighted by Crippen LogP contribution is 2.24. The first-order chi connectivity index (χ1) is 11.6. The number of esters is 1. The Hall–Kier alpha value is -1.69. The van der Waals surface area contributed by atoms with Crippen LogP contribution in [0.2, 0.25) is 0 Å². The monoisotopic (exact) mass is 348 g/mol. The van der Waals surface area contributed by atoms with Crippen molar-refractivity contribution in [2.45, 2.75) is 70.9 Å². The summed E-state index contributed by atoms with van der Waals surface area (Å²) in [5.74, 6) is -0.307. The van der Waals surface area contributed by atoms with Crippen molar-refractivity contribution in [2.75, 3.05) is 0 Å². The van der Waals surface area contributed by atoms with Crippen LogP contribution < -0.4 is 5.56 Å². The summed E-state index contributed by atoms with van der Waals surface area (Å²) >= 11 is 1.54. The summed E-state index contributed by atoms with van der Waals surface area (Å²) in [5.41, 5.74) is -0.150. The Morgan fingerprint density at radius 3 is 2.79 bits per heavy atom. The molecular formula is C18H24N2O3S. The summed E-state index contributed by atoms with van der Waals surface area (Å²) in [6, 6.07) is 1.30. The average molecular weight is 348 g/mol. The Labute approximate surface area is 145 Å². The fourth-order valence-corrected chi connectivity index (χ4v) is 4.21. The van der Waals surface area contributed by atoms with E-state index in [2.05, 4.69) is 11.9 Å². The van der Waals surface area contributed by atoms with Crippen LogP contribution in [-0.4, -0.2) is 21.6 Å². The minimum atomic E-state index is -0.596. The highest BCUT2D eigenvalue weighted by atomic mass is 32.1. The first-order valence-electron chi connectivity index (χ1n) is 8.84. The van der Waals surface area contributed by atoms with Crippen LogP contribution in [0.3, 0.4) is 0 Å². The molecule has 2 aromatic rings. The number of ether oxygens (including phenoxy) is 1. The first kappa shape index (κ1) is 17.1. The van der Waals surface area contributed by atoms with E-state index >= 15 is 0 Å². The summed E-state index contributed by atoms with van der Waals surface area (Å²) in [6.07, 6.45) is 8.18. The maximum Gasteiger partial charge on any atom is 0.329 e. The van der Waals surface area contributed by atoms with E-state index in [0.29, 0.717) is 11.8 Å². The third kappa shape index (κ3) is 3.38. The Balaban J connectivity index is 1.86. The maximum atomic E-state index is 12.8. The zero-order chi connectivity index (χ0) is 17.1. The van der Waals surface area contributed by atoms with E-state index in [1.165, 1.54) is 28.7 Å². The summed E-state index contributed by atoms with van der Waals surface area (Å²) in [7, 11) is 0. The van der Waals surface area contributed by atoms with Gasteiger partial charge in [-0.15, -0.1) is 11.3 Å². The molecule has 0 N–H and O–H groups in total. The minimum absolute atomic E-state index is 0.000494. The average Bonchev–Trinajstić information content (AvgIpc) is 3.03. The molecular weight excluding hydrogens is 324 g/mol. The molecule has 6 heteroatoms. The number of nitrogens with zero attached hydrogens (tertiary/aromatic N) is 2. The largest absolute Gasteiger partial charge is 0.461 e. The van der Waals surface area contributed by atoms with Crippen molar-refractivity contribution >= 4 is 27.5 Å². The van der Waals surface area contributed by atoms with Crippen molar-refractivity contribution in [3.05, 3.63) is 27.6 Å². The molecule has 0 spiro atoms. The highest BCUT2D eigenvalue weighted by molar-refractivity contribution is 7.18. The van der Waals surface area contributed by atoms with Crippen LogP contribution in [0.5, 0.6) is 0 Å². The molecule has 1 unspecified atom stereocenters. The van der Waals surface area contributed by atoms with E-state index in [4.69, 9.17) is 4.74 Å². The van der Waals surface area contributed by atoms with Gasteiger partial charge in [-0.3, -0.25) is 9.36 Å². The fraction of sp³-hybridized carbons (Fsp3) is 0.611. The van der Waals surface area contributed by atoms with Crippen molar-refractivity contribution in [1.82, 2.24) is 9.55 Å². The predicted octanol–water partition coefficient (Wildman–Crippen LogP) is 3.85. The van der Waals surface area contributed by atoms with Crippen LogP contribution >= 0.6 is 11.3 Å². The van der Waals surface area contributed by atoms with Gasteiger partial charge in [-0.05, 0) is 44.6 Å². The maximum absolute atomic E-state index is 12.8. The number of carbonyl (C=O) groups excluding carboxylic acids is 1.